The van der Waals surface area contributed by atoms with Crippen LogP contribution in [0.5, 0.6) is 0 Å². The highest BCUT2D eigenvalue weighted by Gasteiger charge is 2.19. The molecular weight excluding hydrogens is 240 g/mol. The standard InChI is InChI=1S/C13H15F2NO2/c14-11-7-9(5-8-1-3-16-4-2-8)6-10(12(11)15)13(17)18/h6-8,16H,1-5H2,(H,17,18). The fraction of sp³-hybridized carbons (Fsp3) is 0.462. The number of aromatic carboxylic acids is 1. The number of carbonyl (C=O) groups is 1. The van der Waals surface area contributed by atoms with Gasteiger partial charge in [0, 0.05) is 0 Å². The molecule has 0 unspecified atom stereocenters. The Morgan fingerprint density at radius 2 is 2.00 bits per heavy atom. The first-order chi connectivity index (χ1) is 8.58. The maximum Gasteiger partial charge on any atom is 0.338 e. The van der Waals surface area contributed by atoms with Crippen molar-refractivity contribution >= 4 is 5.97 Å². The normalized spacial score (nSPS) is 16.8. The topological polar surface area (TPSA) is 49.3 Å². The van der Waals surface area contributed by atoms with Gasteiger partial charge >= 0.3 is 5.97 Å². The molecule has 1 aromatic carbocycles. The maximum atomic E-state index is 13.3. The van der Waals surface area contributed by atoms with Crippen molar-refractivity contribution in [2.24, 2.45) is 5.92 Å². The van der Waals surface area contributed by atoms with Crippen LogP contribution in [0, 0.1) is 17.6 Å². The molecule has 98 valence electrons. The summed E-state index contributed by atoms with van der Waals surface area (Å²) < 4.78 is 26.5. The number of rotatable bonds is 3. The Morgan fingerprint density at radius 3 is 2.61 bits per heavy atom. The van der Waals surface area contributed by atoms with Gasteiger partial charge in [-0.2, -0.15) is 0 Å². The van der Waals surface area contributed by atoms with Crippen molar-refractivity contribution in [1.82, 2.24) is 5.32 Å². The molecule has 1 aromatic rings. The fourth-order valence-electron chi connectivity index (χ4n) is 2.34. The summed E-state index contributed by atoms with van der Waals surface area (Å²) in [6.07, 6.45) is 2.54. The Balaban J connectivity index is 2.20. The van der Waals surface area contributed by atoms with E-state index in [1.165, 1.54) is 6.07 Å². The minimum absolute atomic E-state index is 0.401. The van der Waals surface area contributed by atoms with Gasteiger partial charge in [-0.1, -0.05) is 0 Å². The van der Waals surface area contributed by atoms with E-state index in [0.29, 0.717) is 17.9 Å². The summed E-state index contributed by atoms with van der Waals surface area (Å²) in [4.78, 5) is 10.8. The van der Waals surface area contributed by atoms with Crippen molar-refractivity contribution in [2.75, 3.05) is 13.1 Å². The first-order valence-corrected chi connectivity index (χ1v) is 6.00. The van der Waals surface area contributed by atoms with Crippen LogP contribution in [0.1, 0.15) is 28.8 Å². The van der Waals surface area contributed by atoms with E-state index >= 15 is 0 Å². The predicted octanol–water partition coefficient (Wildman–Crippen LogP) is 2.21. The molecule has 0 amide bonds. The molecule has 0 aliphatic carbocycles. The SMILES string of the molecule is O=C(O)c1cc(CC2CCNCC2)cc(F)c1F. The molecule has 2 N–H and O–H groups in total. The fourth-order valence-corrected chi connectivity index (χ4v) is 2.34. The van der Waals surface area contributed by atoms with Crippen molar-refractivity contribution in [3.8, 4) is 0 Å². The lowest BCUT2D eigenvalue weighted by Gasteiger charge is -2.22. The summed E-state index contributed by atoms with van der Waals surface area (Å²) in [6, 6.07) is 2.34. The third-order valence-corrected chi connectivity index (χ3v) is 3.30. The summed E-state index contributed by atoms with van der Waals surface area (Å²) in [7, 11) is 0. The van der Waals surface area contributed by atoms with E-state index in [4.69, 9.17) is 5.11 Å². The molecule has 0 bridgehead atoms. The smallest absolute Gasteiger partial charge is 0.338 e. The third-order valence-electron chi connectivity index (χ3n) is 3.30. The van der Waals surface area contributed by atoms with E-state index in [9.17, 15) is 13.6 Å². The molecule has 0 saturated carbocycles. The van der Waals surface area contributed by atoms with Crippen LogP contribution in [0.2, 0.25) is 0 Å². The minimum atomic E-state index is -1.43. The second-order valence-corrected chi connectivity index (χ2v) is 4.64. The van der Waals surface area contributed by atoms with Gasteiger partial charge in [0.15, 0.2) is 11.6 Å². The Hall–Kier alpha value is -1.49. The number of nitrogens with one attached hydrogen (secondary N) is 1. The van der Waals surface area contributed by atoms with Crippen LogP contribution in [0.15, 0.2) is 12.1 Å². The van der Waals surface area contributed by atoms with E-state index in [1.807, 2.05) is 0 Å². The number of carboxylic acid groups (broad SMARTS) is 1. The van der Waals surface area contributed by atoms with Crippen molar-refractivity contribution in [2.45, 2.75) is 19.3 Å². The lowest BCUT2D eigenvalue weighted by molar-refractivity contribution is 0.0690. The summed E-state index contributed by atoms with van der Waals surface area (Å²) in [5.41, 5.74) is -0.0304. The Kier molecular flexibility index (Phi) is 3.91. The highest BCUT2D eigenvalue weighted by Crippen LogP contribution is 2.21. The molecule has 1 aliphatic heterocycles. The molecule has 5 heteroatoms. The zero-order valence-electron chi connectivity index (χ0n) is 9.88. The molecule has 0 spiro atoms. The van der Waals surface area contributed by atoms with Crippen molar-refractivity contribution in [1.29, 1.82) is 0 Å². The second-order valence-electron chi connectivity index (χ2n) is 4.64. The largest absolute Gasteiger partial charge is 0.478 e. The third kappa shape index (κ3) is 2.85. The summed E-state index contributed by atoms with van der Waals surface area (Å²) in [5.74, 6) is -3.40. The number of halogens is 2. The van der Waals surface area contributed by atoms with Gasteiger partial charge in [-0.25, -0.2) is 13.6 Å². The average Bonchev–Trinajstić information content (AvgIpc) is 2.34. The van der Waals surface area contributed by atoms with E-state index < -0.39 is 23.2 Å². The van der Waals surface area contributed by atoms with Crippen LogP contribution < -0.4 is 5.32 Å². The molecule has 0 atom stereocenters. The van der Waals surface area contributed by atoms with Gasteiger partial charge in [0.1, 0.15) is 0 Å². The van der Waals surface area contributed by atoms with Crippen LogP contribution >= 0.6 is 0 Å². The number of piperidine rings is 1. The molecule has 1 saturated heterocycles. The lowest BCUT2D eigenvalue weighted by Crippen LogP contribution is -2.28. The van der Waals surface area contributed by atoms with Crippen LogP contribution in [-0.4, -0.2) is 24.2 Å². The molecular formula is C13H15F2NO2. The molecule has 18 heavy (non-hydrogen) atoms. The van der Waals surface area contributed by atoms with E-state index in [2.05, 4.69) is 5.32 Å². The molecule has 1 heterocycles. The quantitative estimate of drug-likeness (QED) is 0.870. The Bertz CT molecular complexity index is 457. The number of carboxylic acids is 1. The number of benzene rings is 1. The van der Waals surface area contributed by atoms with Gasteiger partial charge in [-0.15, -0.1) is 0 Å². The van der Waals surface area contributed by atoms with Gasteiger partial charge in [0.05, 0.1) is 5.56 Å². The number of hydrogen-bond donors (Lipinski definition) is 2. The monoisotopic (exact) mass is 255 g/mol. The van der Waals surface area contributed by atoms with E-state index in [-0.39, 0.29) is 0 Å². The van der Waals surface area contributed by atoms with E-state index in [1.54, 1.807) is 0 Å². The van der Waals surface area contributed by atoms with Crippen LogP contribution in [0.4, 0.5) is 8.78 Å². The van der Waals surface area contributed by atoms with Crippen LogP contribution in [-0.2, 0) is 6.42 Å². The minimum Gasteiger partial charge on any atom is -0.478 e. The van der Waals surface area contributed by atoms with Gasteiger partial charge in [0.2, 0.25) is 0 Å². The molecule has 0 radical (unpaired) electrons. The Labute approximate surface area is 104 Å². The summed E-state index contributed by atoms with van der Waals surface area (Å²) in [6.45, 7) is 1.83. The van der Waals surface area contributed by atoms with Crippen LogP contribution in [0.3, 0.4) is 0 Å². The van der Waals surface area contributed by atoms with Gasteiger partial charge < -0.3 is 10.4 Å². The maximum absolute atomic E-state index is 13.3. The van der Waals surface area contributed by atoms with Gasteiger partial charge in [0.25, 0.3) is 0 Å². The molecule has 0 aromatic heterocycles. The Morgan fingerprint density at radius 1 is 1.33 bits per heavy atom. The van der Waals surface area contributed by atoms with Crippen LogP contribution in [0.25, 0.3) is 0 Å². The second kappa shape index (κ2) is 5.44. The zero-order chi connectivity index (χ0) is 13.1. The van der Waals surface area contributed by atoms with Crippen molar-refractivity contribution < 1.29 is 18.7 Å². The van der Waals surface area contributed by atoms with Gasteiger partial charge in [-0.05, 0) is 56.0 Å². The van der Waals surface area contributed by atoms with Gasteiger partial charge in [-0.3, -0.25) is 0 Å². The molecule has 1 fully saturated rings. The first kappa shape index (κ1) is 13.0. The summed E-state index contributed by atoms with van der Waals surface area (Å²) >= 11 is 0. The van der Waals surface area contributed by atoms with E-state index in [0.717, 1.165) is 32.0 Å². The summed E-state index contributed by atoms with van der Waals surface area (Å²) in [5, 5.41) is 12.0. The average molecular weight is 255 g/mol. The molecule has 2 rings (SSSR count). The predicted molar refractivity (Wildman–Crippen MR) is 62.6 cm³/mol. The number of hydrogen-bond acceptors (Lipinski definition) is 2. The highest BCUT2D eigenvalue weighted by atomic mass is 19.2. The zero-order valence-corrected chi connectivity index (χ0v) is 9.88. The highest BCUT2D eigenvalue weighted by molar-refractivity contribution is 5.88. The lowest BCUT2D eigenvalue weighted by atomic mass is 9.90. The molecule has 1 aliphatic rings. The first-order valence-electron chi connectivity index (χ1n) is 6.00. The van der Waals surface area contributed by atoms with Crippen molar-refractivity contribution in [3.05, 3.63) is 34.9 Å². The molecule has 3 nitrogen and oxygen atoms in total. The van der Waals surface area contributed by atoms with Crippen molar-refractivity contribution in [3.63, 3.8) is 0 Å².